The van der Waals surface area contributed by atoms with Crippen LogP contribution in [0, 0.1) is 17.8 Å². The minimum Gasteiger partial charge on any atom is -0.381 e. The summed E-state index contributed by atoms with van der Waals surface area (Å²) in [5.74, 6) is 2.18. The zero-order valence-electron chi connectivity index (χ0n) is 14.4. The molecule has 0 aromatic heterocycles. The summed E-state index contributed by atoms with van der Waals surface area (Å²) in [4.78, 5) is 15.4. The van der Waals surface area contributed by atoms with Gasteiger partial charge in [0.2, 0.25) is 5.91 Å². The van der Waals surface area contributed by atoms with E-state index in [2.05, 4.69) is 10.2 Å². The van der Waals surface area contributed by atoms with Crippen LogP contribution in [-0.4, -0.2) is 49.2 Å². The van der Waals surface area contributed by atoms with E-state index >= 15 is 0 Å². The van der Waals surface area contributed by atoms with E-state index in [-0.39, 0.29) is 5.54 Å². The number of piperidine rings is 1. The number of rotatable bonds is 4. The summed E-state index contributed by atoms with van der Waals surface area (Å²) in [7, 11) is 0. The minimum atomic E-state index is 0.159. The van der Waals surface area contributed by atoms with E-state index in [1.807, 2.05) is 0 Å². The Labute approximate surface area is 140 Å². The molecule has 4 aliphatic rings. The van der Waals surface area contributed by atoms with Crippen LogP contribution < -0.4 is 5.32 Å². The van der Waals surface area contributed by atoms with Gasteiger partial charge in [0.15, 0.2) is 0 Å². The summed E-state index contributed by atoms with van der Waals surface area (Å²) >= 11 is 0. The van der Waals surface area contributed by atoms with Gasteiger partial charge in [0, 0.05) is 31.2 Å². The molecule has 4 heteroatoms. The number of carbonyl (C=O) groups is 1. The highest BCUT2D eigenvalue weighted by Crippen LogP contribution is 2.48. The van der Waals surface area contributed by atoms with E-state index in [1.54, 1.807) is 0 Å². The van der Waals surface area contributed by atoms with Crippen LogP contribution in [0.15, 0.2) is 0 Å². The molecule has 0 spiro atoms. The maximum absolute atomic E-state index is 12.7. The molecule has 0 unspecified atom stereocenters. The predicted octanol–water partition coefficient (Wildman–Crippen LogP) is 2.57. The Kier molecular flexibility index (Phi) is 4.64. The fourth-order valence-electron chi connectivity index (χ4n) is 5.67. The average molecular weight is 320 g/mol. The van der Waals surface area contributed by atoms with Gasteiger partial charge in [-0.15, -0.1) is 0 Å². The van der Waals surface area contributed by atoms with Crippen molar-refractivity contribution in [2.75, 3.05) is 32.8 Å². The zero-order chi connectivity index (χ0) is 15.7. The SMILES string of the molecule is O=C(NCC1(N2CCCCC2)CCOCC1)[C@H]1C[C@H]2CC[C@H]1C2. The van der Waals surface area contributed by atoms with E-state index in [1.165, 1.54) is 51.6 Å². The standard InChI is InChI=1S/C19H32N2O2/c22-18(17-13-15-4-5-16(17)12-15)20-14-19(6-10-23-11-7-19)21-8-2-1-3-9-21/h15-17H,1-14H2,(H,20,22)/t15-,16-,17-/m0/s1. The van der Waals surface area contributed by atoms with Crippen molar-refractivity contribution in [3.05, 3.63) is 0 Å². The monoisotopic (exact) mass is 320 g/mol. The lowest BCUT2D eigenvalue weighted by molar-refractivity contribution is -0.128. The molecule has 2 aliphatic heterocycles. The lowest BCUT2D eigenvalue weighted by atomic mass is 9.85. The van der Waals surface area contributed by atoms with E-state index in [0.29, 0.717) is 17.7 Å². The lowest BCUT2D eigenvalue weighted by Crippen LogP contribution is -2.60. The molecule has 2 heterocycles. The quantitative estimate of drug-likeness (QED) is 0.865. The van der Waals surface area contributed by atoms with Crippen molar-refractivity contribution in [3.63, 3.8) is 0 Å². The van der Waals surface area contributed by atoms with Crippen LogP contribution in [0.3, 0.4) is 0 Å². The average Bonchev–Trinajstić information content (AvgIpc) is 3.25. The van der Waals surface area contributed by atoms with Crippen LogP contribution in [0.5, 0.6) is 0 Å². The zero-order valence-corrected chi connectivity index (χ0v) is 14.4. The molecule has 4 rings (SSSR count). The van der Waals surface area contributed by atoms with Crippen molar-refractivity contribution in [3.8, 4) is 0 Å². The molecule has 3 atom stereocenters. The summed E-state index contributed by atoms with van der Waals surface area (Å²) in [5.41, 5.74) is 0.159. The second-order valence-electron chi connectivity index (χ2n) is 8.38. The number of ether oxygens (including phenoxy) is 1. The van der Waals surface area contributed by atoms with Crippen molar-refractivity contribution in [2.45, 2.75) is 63.3 Å². The number of hydrogen-bond acceptors (Lipinski definition) is 3. The Balaban J connectivity index is 1.38. The summed E-state index contributed by atoms with van der Waals surface area (Å²) < 4.78 is 5.62. The van der Waals surface area contributed by atoms with Gasteiger partial charge in [0.25, 0.3) is 0 Å². The molecule has 2 saturated carbocycles. The normalized spacial score (nSPS) is 37.0. The van der Waals surface area contributed by atoms with Crippen molar-refractivity contribution < 1.29 is 9.53 Å². The third-order valence-electron chi connectivity index (χ3n) is 7.12. The van der Waals surface area contributed by atoms with E-state index in [9.17, 15) is 4.79 Å². The van der Waals surface area contributed by atoms with Crippen molar-refractivity contribution in [2.24, 2.45) is 17.8 Å². The molecule has 1 amide bonds. The van der Waals surface area contributed by atoms with Gasteiger partial charge in [-0.1, -0.05) is 12.8 Å². The number of amides is 1. The summed E-state index contributed by atoms with van der Waals surface area (Å²) in [6.45, 7) is 4.93. The molecule has 2 bridgehead atoms. The highest BCUT2D eigenvalue weighted by molar-refractivity contribution is 5.79. The minimum absolute atomic E-state index is 0.159. The van der Waals surface area contributed by atoms with Crippen LogP contribution in [-0.2, 0) is 9.53 Å². The first-order valence-corrected chi connectivity index (χ1v) is 9.87. The number of nitrogens with one attached hydrogen (secondary N) is 1. The first-order valence-electron chi connectivity index (χ1n) is 9.87. The number of likely N-dealkylation sites (tertiary alicyclic amines) is 1. The number of nitrogens with zero attached hydrogens (tertiary/aromatic N) is 1. The Hall–Kier alpha value is -0.610. The number of carbonyl (C=O) groups excluding carboxylic acids is 1. The van der Waals surface area contributed by atoms with Gasteiger partial charge in [-0.25, -0.2) is 0 Å². The molecule has 1 N–H and O–H groups in total. The maximum atomic E-state index is 12.7. The second kappa shape index (κ2) is 6.72. The van der Waals surface area contributed by atoms with Crippen LogP contribution in [0.4, 0.5) is 0 Å². The first-order chi connectivity index (χ1) is 11.3. The van der Waals surface area contributed by atoms with Crippen molar-refractivity contribution in [1.29, 1.82) is 0 Å². The van der Waals surface area contributed by atoms with E-state index < -0.39 is 0 Å². The van der Waals surface area contributed by atoms with Gasteiger partial charge in [0.1, 0.15) is 0 Å². The van der Waals surface area contributed by atoms with Crippen LogP contribution in [0.2, 0.25) is 0 Å². The molecular weight excluding hydrogens is 288 g/mol. The molecule has 0 aromatic rings. The van der Waals surface area contributed by atoms with Crippen LogP contribution in [0.25, 0.3) is 0 Å². The second-order valence-corrected chi connectivity index (χ2v) is 8.38. The third-order valence-corrected chi connectivity index (χ3v) is 7.12. The molecule has 2 saturated heterocycles. The van der Waals surface area contributed by atoms with Gasteiger partial charge >= 0.3 is 0 Å². The fraction of sp³-hybridized carbons (Fsp3) is 0.947. The van der Waals surface area contributed by atoms with Crippen molar-refractivity contribution >= 4 is 5.91 Å². The van der Waals surface area contributed by atoms with Gasteiger partial charge in [0.05, 0.1) is 0 Å². The number of fused-ring (bicyclic) bond motifs is 2. The predicted molar refractivity (Wildman–Crippen MR) is 90.2 cm³/mol. The van der Waals surface area contributed by atoms with Gasteiger partial charge in [-0.05, 0) is 69.9 Å². The van der Waals surface area contributed by atoms with Crippen molar-refractivity contribution in [1.82, 2.24) is 10.2 Å². The molecule has 4 nitrogen and oxygen atoms in total. The molecule has 23 heavy (non-hydrogen) atoms. The molecule has 4 fully saturated rings. The molecule has 130 valence electrons. The van der Waals surface area contributed by atoms with E-state index in [0.717, 1.165) is 44.9 Å². The van der Waals surface area contributed by atoms with Gasteiger partial charge in [-0.3, -0.25) is 9.69 Å². The molecule has 0 aromatic carbocycles. The Bertz CT molecular complexity index is 427. The van der Waals surface area contributed by atoms with Crippen LogP contribution >= 0.6 is 0 Å². The summed E-state index contributed by atoms with van der Waals surface area (Å²) in [6, 6.07) is 0. The van der Waals surface area contributed by atoms with Gasteiger partial charge < -0.3 is 10.1 Å². The number of hydrogen-bond donors (Lipinski definition) is 1. The first kappa shape index (κ1) is 15.9. The smallest absolute Gasteiger partial charge is 0.223 e. The van der Waals surface area contributed by atoms with E-state index in [4.69, 9.17) is 4.74 Å². The highest BCUT2D eigenvalue weighted by atomic mass is 16.5. The van der Waals surface area contributed by atoms with Crippen LogP contribution in [0.1, 0.15) is 57.8 Å². The lowest BCUT2D eigenvalue weighted by Gasteiger charge is -2.48. The fourth-order valence-corrected chi connectivity index (χ4v) is 5.67. The Morgan fingerprint density at radius 2 is 1.87 bits per heavy atom. The molecular formula is C19H32N2O2. The topological polar surface area (TPSA) is 41.6 Å². The maximum Gasteiger partial charge on any atom is 0.223 e. The third kappa shape index (κ3) is 3.17. The summed E-state index contributed by atoms with van der Waals surface area (Å²) in [6.07, 6.45) is 11.2. The van der Waals surface area contributed by atoms with Gasteiger partial charge in [-0.2, -0.15) is 0 Å². The highest BCUT2D eigenvalue weighted by Gasteiger charge is 2.44. The molecule has 0 radical (unpaired) electrons. The Morgan fingerprint density at radius 3 is 2.52 bits per heavy atom. The molecule has 2 aliphatic carbocycles. The Morgan fingerprint density at radius 1 is 1.09 bits per heavy atom. The largest absolute Gasteiger partial charge is 0.381 e. The summed E-state index contributed by atoms with van der Waals surface area (Å²) in [5, 5.41) is 3.38.